The van der Waals surface area contributed by atoms with Crippen LogP contribution in [-0.4, -0.2) is 40.4 Å². The SMILES string of the molecule is CC[C@H](CNC(=O)c1cccc(C[S@](C)=O)c1)N1CCc2ccccc2C1. The average Bonchev–Trinajstić information content (AvgIpc) is 2.68. The van der Waals surface area contributed by atoms with Gasteiger partial charge in [-0.2, -0.15) is 0 Å². The lowest BCUT2D eigenvalue weighted by molar-refractivity contribution is 0.0926. The quantitative estimate of drug-likeness (QED) is 0.798. The fraction of sp³-hybridized carbons (Fsp3) is 0.409. The lowest BCUT2D eigenvalue weighted by Crippen LogP contribution is -2.45. The Labute approximate surface area is 164 Å². The van der Waals surface area contributed by atoms with Crippen molar-refractivity contribution in [2.45, 2.75) is 38.1 Å². The van der Waals surface area contributed by atoms with Crippen molar-refractivity contribution in [3.05, 3.63) is 70.8 Å². The Morgan fingerprint density at radius 2 is 1.96 bits per heavy atom. The van der Waals surface area contributed by atoms with Gasteiger partial charge in [0.2, 0.25) is 0 Å². The highest BCUT2D eigenvalue weighted by atomic mass is 32.2. The normalized spacial score (nSPS) is 16.4. The summed E-state index contributed by atoms with van der Waals surface area (Å²) in [5.41, 5.74) is 4.41. The van der Waals surface area contributed by atoms with E-state index in [1.54, 1.807) is 6.26 Å². The first-order valence-corrected chi connectivity index (χ1v) is 11.3. The summed E-state index contributed by atoms with van der Waals surface area (Å²) in [6.45, 7) is 4.79. The monoisotopic (exact) mass is 384 g/mol. The molecule has 0 aromatic heterocycles. The second-order valence-corrected chi connectivity index (χ2v) is 8.61. The lowest BCUT2D eigenvalue weighted by Gasteiger charge is -2.35. The third-order valence-electron chi connectivity index (χ3n) is 5.21. The first kappa shape index (κ1) is 19.8. The Balaban J connectivity index is 1.59. The topological polar surface area (TPSA) is 49.4 Å². The number of rotatable bonds is 7. The Morgan fingerprint density at radius 1 is 1.19 bits per heavy atom. The molecule has 0 radical (unpaired) electrons. The molecule has 3 rings (SSSR count). The summed E-state index contributed by atoms with van der Waals surface area (Å²) in [5, 5.41) is 3.10. The van der Waals surface area contributed by atoms with Crippen LogP contribution in [0.2, 0.25) is 0 Å². The van der Waals surface area contributed by atoms with E-state index in [4.69, 9.17) is 0 Å². The summed E-state index contributed by atoms with van der Waals surface area (Å²) >= 11 is 0. The molecule has 0 bridgehead atoms. The first-order chi connectivity index (χ1) is 13.1. The highest BCUT2D eigenvalue weighted by Gasteiger charge is 2.22. The van der Waals surface area contributed by atoms with E-state index in [0.717, 1.165) is 31.5 Å². The molecule has 4 nitrogen and oxygen atoms in total. The zero-order valence-corrected chi connectivity index (χ0v) is 16.9. The molecule has 0 saturated carbocycles. The van der Waals surface area contributed by atoms with Gasteiger partial charge in [-0.1, -0.05) is 43.3 Å². The van der Waals surface area contributed by atoms with Crippen LogP contribution in [0.1, 0.15) is 40.4 Å². The second-order valence-electron chi connectivity index (χ2n) is 7.18. The highest BCUT2D eigenvalue weighted by Crippen LogP contribution is 2.21. The molecule has 144 valence electrons. The van der Waals surface area contributed by atoms with Gasteiger partial charge < -0.3 is 5.32 Å². The standard InChI is InChI=1S/C22H28N2O2S/c1-3-21(24-12-11-18-8-4-5-9-20(18)15-24)14-23-22(25)19-10-6-7-17(13-19)16-27(2)26/h4-10,13,21H,3,11-12,14-16H2,1-2H3,(H,23,25)/t21-,27+/m1/s1. The Bertz CT molecular complexity index is 821. The van der Waals surface area contributed by atoms with Crippen LogP contribution in [0.3, 0.4) is 0 Å². The molecule has 2 atom stereocenters. The van der Waals surface area contributed by atoms with Gasteiger partial charge >= 0.3 is 0 Å². The van der Waals surface area contributed by atoms with E-state index in [2.05, 4.69) is 41.4 Å². The lowest BCUT2D eigenvalue weighted by atomic mass is 9.98. The number of hydrogen-bond donors (Lipinski definition) is 1. The molecule has 2 aromatic carbocycles. The van der Waals surface area contributed by atoms with Crippen molar-refractivity contribution in [1.29, 1.82) is 0 Å². The zero-order valence-electron chi connectivity index (χ0n) is 16.1. The van der Waals surface area contributed by atoms with Crippen LogP contribution in [-0.2, 0) is 29.5 Å². The minimum atomic E-state index is -0.910. The van der Waals surface area contributed by atoms with E-state index in [1.165, 1.54) is 11.1 Å². The van der Waals surface area contributed by atoms with Crippen molar-refractivity contribution >= 4 is 16.7 Å². The molecule has 0 unspecified atom stereocenters. The summed E-state index contributed by atoms with van der Waals surface area (Å²) in [7, 11) is -0.910. The highest BCUT2D eigenvalue weighted by molar-refractivity contribution is 7.83. The largest absolute Gasteiger partial charge is 0.350 e. The van der Waals surface area contributed by atoms with Gasteiger partial charge in [0, 0.05) is 54.0 Å². The Kier molecular flexibility index (Phi) is 6.80. The third kappa shape index (κ3) is 5.27. The van der Waals surface area contributed by atoms with E-state index in [1.807, 2.05) is 24.3 Å². The predicted molar refractivity (Wildman–Crippen MR) is 111 cm³/mol. The summed E-state index contributed by atoms with van der Waals surface area (Å²) < 4.78 is 11.4. The van der Waals surface area contributed by atoms with Crippen molar-refractivity contribution in [1.82, 2.24) is 10.2 Å². The van der Waals surface area contributed by atoms with E-state index < -0.39 is 10.8 Å². The first-order valence-electron chi connectivity index (χ1n) is 9.54. The van der Waals surface area contributed by atoms with Gasteiger partial charge in [0.15, 0.2) is 0 Å². The number of carbonyl (C=O) groups excluding carboxylic acids is 1. The molecule has 0 aliphatic carbocycles. The van der Waals surface area contributed by atoms with Gasteiger partial charge in [-0.05, 0) is 41.7 Å². The van der Waals surface area contributed by atoms with E-state index in [9.17, 15) is 9.00 Å². The van der Waals surface area contributed by atoms with Gasteiger partial charge in [0.1, 0.15) is 0 Å². The van der Waals surface area contributed by atoms with Crippen molar-refractivity contribution in [3.8, 4) is 0 Å². The summed E-state index contributed by atoms with van der Waals surface area (Å²) in [6, 6.07) is 16.4. The van der Waals surface area contributed by atoms with Crippen molar-refractivity contribution < 1.29 is 9.00 Å². The maximum absolute atomic E-state index is 12.6. The summed E-state index contributed by atoms with van der Waals surface area (Å²) in [5.74, 6) is 0.418. The molecule has 1 aliphatic heterocycles. The molecule has 27 heavy (non-hydrogen) atoms. The Hall–Kier alpha value is -1.98. The Morgan fingerprint density at radius 3 is 2.70 bits per heavy atom. The molecule has 0 saturated heterocycles. The van der Waals surface area contributed by atoms with Crippen molar-refractivity contribution in [3.63, 3.8) is 0 Å². The van der Waals surface area contributed by atoms with E-state index >= 15 is 0 Å². The minimum Gasteiger partial charge on any atom is -0.350 e. The molecule has 1 N–H and O–H groups in total. The van der Waals surface area contributed by atoms with Crippen molar-refractivity contribution in [2.24, 2.45) is 0 Å². The van der Waals surface area contributed by atoms with Crippen LogP contribution >= 0.6 is 0 Å². The number of nitrogens with one attached hydrogen (secondary N) is 1. The van der Waals surface area contributed by atoms with Crippen LogP contribution in [0.4, 0.5) is 0 Å². The fourth-order valence-electron chi connectivity index (χ4n) is 3.71. The van der Waals surface area contributed by atoms with Gasteiger partial charge in [0.25, 0.3) is 5.91 Å². The van der Waals surface area contributed by atoms with Crippen LogP contribution in [0, 0.1) is 0 Å². The molecule has 0 spiro atoms. The molecular formula is C22H28N2O2S. The number of fused-ring (bicyclic) bond motifs is 1. The van der Waals surface area contributed by atoms with Gasteiger partial charge in [-0.3, -0.25) is 13.9 Å². The van der Waals surface area contributed by atoms with Crippen LogP contribution in [0.5, 0.6) is 0 Å². The van der Waals surface area contributed by atoms with Crippen LogP contribution in [0.25, 0.3) is 0 Å². The number of nitrogens with zero attached hydrogens (tertiary/aromatic N) is 1. The van der Waals surface area contributed by atoms with Gasteiger partial charge in [-0.15, -0.1) is 0 Å². The number of amides is 1. The molecule has 0 fully saturated rings. The maximum Gasteiger partial charge on any atom is 0.251 e. The second kappa shape index (κ2) is 9.29. The molecule has 1 heterocycles. The van der Waals surface area contributed by atoms with Crippen molar-refractivity contribution in [2.75, 3.05) is 19.3 Å². The van der Waals surface area contributed by atoms with Gasteiger partial charge in [0.05, 0.1) is 0 Å². The van der Waals surface area contributed by atoms with E-state index in [-0.39, 0.29) is 5.91 Å². The number of carbonyl (C=O) groups is 1. The predicted octanol–water partition coefficient (Wildman–Crippen LogP) is 3.13. The average molecular weight is 385 g/mol. The fourth-order valence-corrected chi connectivity index (χ4v) is 4.36. The summed E-state index contributed by atoms with van der Waals surface area (Å²) in [4.78, 5) is 15.1. The van der Waals surface area contributed by atoms with E-state index in [0.29, 0.717) is 23.9 Å². The smallest absolute Gasteiger partial charge is 0.251 e. The number of benzene rings is 2. The molecule has 2 aromatic rings. The van der Waals surface area contributed by atoms with Crippen LogP contribution in [0.15, 0.2) is 48.5 Å². The summed E-state index contributed by atoms with van der Waals surface area (Å²) in [6.07, 6.45) is 3.74. The molecule has 1 amide bonds. The van der Waals surface area contributed by atoms with Crippen LogP contribution < -0.4 is 5.32 Å². The third-order valence-corrected chi connectivity index (χ3v) is 5.95. The zero-order chi connectivity index (χ0) is 19.2. The minimum absolute atomic E-state index is 0.0606. The molecular weight excluding hydrogens is 356 g/mol. The van der Waals surface area contributed by atoms with Gasteiger partial charge in [-0.25, -0.2) is 0 Å². The molecule has 5 heteroatoms. The maximum atomic E-state index is 12.6. The molecule has 1 aliphatic rings. The number of hydrogen-bond acceptors (Lipinski definition) is 3.